The van der Waals surface area contributed by atoms with Gasteiger partial charge in [0, 0.05) is 5.92 Å². The summed E-state index contributed by atoms with van der Waals surface area (Å²) in [7, 11) is 0. The zero-order valence-electron chi connectivity index (χ0n) is 12.5. The molecule has 19 heavy (non-hydrogen) atoms. The van der Waals surface area contributed by atoms with Crippen molar-refractivity contribution >= 4 is 6.29 Å². The molecule has 2 aliphatic carbocycles. The summed E-state index contributed by atoms with van der Waals surface area (Å²) in [5.41, 5.74) is 0. The van der Waals surface area contributed by atoms with Gasteiger partial charge < -0.3 is 4.79 Å². The molecule has 0 aromatic heterocycles. The fourth-order valence-electron chi connectivity index (χ4n) is 4.20. The average Bonchev–Trinajstić information content (AvgIpc) is 2.48. The van der Waals surface area contributed by atoms with Gasteiger partial charge >= 0.3 is 0 Å². The van der Waals surface area contributed by atoms with Crippen molar-refractivity contribution in [1.29, 1.82) is 0 Å². The van der Waals surface area contributed by atoms with Crippen LogP contribution in [-0.2, 0) is 4.79 Å². The van der Waals surface area contributed by atoms with Gasteiger partial charge in [-0.05, 0) is 76.0 Å². The first-order valence-electron chi connectivity index (χ1n) is 8.40. The van der Waals surface area contributed by atoms with Crippen molar-refractivity contribution in [2.45, 2.75) is 71.1 Å². The lowest BCUT2D eigenvalue weighted by Crippen LogP contribution is -2.26. The molecule has 0 unspecified atom stereocenters. The molecule has 0 aromatic carbocycles. The molecule has 0 aliphatic heterocycles. The monoisotopic (exact) mass is 262 g/mol. The van der Waals surface area contributed by atoms with Gasteiger partial charge in [0.2, 0.25) is 0 Å². The van der Waals surface area contributed by atoms with Gasteiger partial charge in [-0.2, -0.15) is 0 Å². The van der Waals surface area contributed by atoms with Crippen molar-refractivity contribution in [2.24, 2.45) is 23.7 Å². The van der Waals surface area contributed by atoms with Crippen LogP contribution in [0.4, 0.5) is 0 Å². The number of rotatable bonds is 5. The van der Waals surface area contributed by atoms with E-state index in [1.807, 2.05) is 0 Å². The molecule has 0 N–H and O–H groups in total. The molecule has 2 aliphatic rings. The fraction of sp³-hybridized carbons (Fsp3) is 0.833. The average molecular weight is 262 g/mol. The smallest absolute Gasteiger partial charge is 0.123 e. The maximum atomic E-state index is 10.8. The Morgan fingerprint density at radius 2 is 1.47 bits per heavy atom. The van der Waals surface area contributed by atoms with Crippen molar-refractivity contribution in [3.05, 3.63) is 12.2 Å². The lowest BCUT2D eigenvalue weighted by Gasteiger charge is -2.37. The van der Waals surface area contributed by atoms with E-state index >= 15 is 0 Å². The first kappa shape index (κ1) is 14.8. The molecule has 2 fully saturated rings. The molecule has 0 amide bonds. The number of allylic oxidation sites excluding steroid dienone is 2. The lowest BCUT2D eigenvalue weighted by atomic mass is 9.69. The van der Waals surface area contributed by atoms with E-state index in [1.54, 1.807) is 0 Å². The maximum absolute atomic E-state index is 10.8. The second-order valence-corrected chi connectivity index (χ2v) is 6.74. The van der Waals surface area contributed by atoms with Gasteiger partial charge in [-0.1, -0.05) is 25.0 Å². The molecule has 0 radical (unpaired) electrons. The highest BCUT2D eigenvalue weighted by Crippen LogP contribution is 2.41. The zero-order valence-corrected chi connectivity index (χ0v) is 12.5. The van der Waals surface area contributed by atoms with Crippen LogP contribution < -0.4 is 0 Å². The summed E-state index contributed by atoms with van der Waals surface area (Å²) >= 11 is 0. The molecule has 0 atom stereocenters. The molecular weight excluding hydrogens is 232 g/mol. The van der Waals surface area contributed by atoms with Crippen molar-refractivity contribution in [3.8, 4) is 0 Å². The quantitative estimate of drug-likeness (QED) is 0.494. The molecule has 1 heteroatoms. The van der Waals surface area contributed by atoms with E-state index in [2.05, 4.69) is 19.1 Å². The van der Waals surface area contributed by atoms with Gasteiger partial charge in [-0.15, -0.1) is 0 Å². The molecule has 0 bridgehead atoms. The Balaban J connectivity index is 1.67. The summed E-state index contributed by atoms with van der Waals surface area (Å²) in [6, 6.07) is 0. The van der Waals surface area contributed by atoms with Gasteiger partial charge in [0.15, 0.2) is 0 Å². The van der Waals surface area contributed by atoms with Crippen LogP contribution in [-0.4, -0.2) is 6.29 Å². The van der Waals surface area contributed by atoms with Crippen molar-refractivity contribution < 1.29 is 4.79 Å². The van der Waals surface area contributed by atoms with Crippen LogP contribution in [0.3, 0.4) is 0 Å². The normalized spacial score (nSPS) is 36.5. The van der Waals surface area contributed by atoms with Crippen LogP contribution in [0, 0.1) is 23.7 Å². The molecule has 0 aromatic rings. The van der Waals surface area contributed by atoms with Gasteiger partial charge in [0.05, 0.1) is 0 Å². The minimum absolute atomic E-state index is 0.383. The zero-order chi connectivity index (χ0) is 13.5. The molecule has 0 spiro atoms. The van der Waals surface area contributed by atoms with E-state index in [0.717, 1.165) is 30.6 Å². The van der Waals surface area contributed by atoms with Gasteiger partial charge in [-0.25, -0.2) is 0 Å². The van der Waals surface area contributed by atoms with Crippen molar-refractivity contribution in [1.82, 2.24) is 0 Å². The van der Waals surface area contributed by atoms with E-state index < -0.39 is 0 Å². The number of aldehydes is 1. The van der Waals surface area contributed by atoms with Gasteiger partial charge in [-0.3, -0.25) is 0 Å². The molecule has 1 nitrogen and oxygen atoms in total. The topological polar surface area (TPSA) is 17.1 Å². The standard InChI is InChI=1S/C18H30O/c1-2-3-4-5-15-6-10-17(11-7-15)18-12-8-16(14-19)9-13-18/h2-3,14-18H,4-13H2,1H3. The fourth-order valence-corrected chi connectivity index (χ4v) is 4.20. The van der Waals surface area contributed by atoms with Crippen LogP contribution in [0.15, 0.2) is 12.2 Å². The Morgan fingerprint density at radius 1 is 0.895 bits per heavy atom. The minimum Gasteiger partial charge on any atom is -0.303 e. The van der Waals surface area contributed by atoms with Crippen LogP contribution in [0.25, 0.3) is 0 Å². The van der Waals surface area contributed by atoms with Crippen LogP contribution in [0.1, 0.15) is 71.1 Å². The number of hydrogen-bond donors (Lipinski definition) is 0. The largest absolute Gasteiger partial charge is 0.303 e. The third kappa shape index (κ3) is 4.47. The maximum Gasteiger partial charge on any atom is 0.123 e. The summed E-state index contributed by atoms with van der Waals surface area (Å²) in [6.07, 6.45) is 19.1. The Bertz CT molecular complexity index is 278. The van der Waals surface area contributed by atoms with E-state index in [9.17, 15) is 4.79 Å². The highest BCUT2D eigenvalue weighted by atomic mass is 16.1. The molecule has 0 saturated heterocycles. The predicted molar refractivity (Wildman–Crippen MR) is 81.0 cm³/mol. The van der Waals surface area contributed by atoms with Gasteiger partial charge in [0.1, 0.15) is 6.29 Å². The van der Waals surface area contributed by atoms with Crippen molar-refractivity contribution in [3.63, 3.8) is 0 Å². The van der Waals surface area contributed by atoms with Crippen LogP contribution in [0.2, 0.25) is 0 Å². The first-order valence-corrected chi connectivity index (χ1v) is 8.40. The SMILES string of the molecule is CC=CCCC1CCC(C2CCC(C=O)CC2)CC1. The Kier molecular flexibility index (Phi) is 6.13. The second-order valence-electron chi connectivity index (χ2n) is 6.74. The highest BCUT2D eigenvalue weighted by Gasteiger charge is 2.30. The van der Waals surface area contributed by atoms with E-state index in [4.69, 9.17) is 0 Å². The summed E-state index contributed by atoms with van der Waals surface area (Å²) in [5, 5.41) is 0. The molecular formula is C18H30O. The Labute approximate surface area is 118 Å². The summed E-state index contributed by atoms with van der Waals surface area (Å²) in [4.78, 5) is 10.8. The first-order chi connectivity index (χ1) is 9.33. The highest BCUT2D eigenvalue weighted by molar-refractivity contribution is 5.53. The summed E-state index contributed by atoms with van der Waals surface area (Å²) < 4.78 is 0. The number of carbonyl (C=O) groups is 1. The van der Waals surface area contributed by atoms with E-state index in [-0.39, 0.29) is 0 Å². The molecule has 2 rings (SSSR count). The second kappa shape index (κ2) is 7.87. The Hall–Kier alpha value is -0.590. The Morgan fingerprint density at radius 3 is 2.00 bits per heavy atom. The predicted octanol–water partition coefficient (Wildman–Crippen LogP) is 5.15. The van der Waals surface area contributed by atoms with E-state index in [0.29, 0.717) is 5.92 Å². The summed E-state index contributed by atoms with van der Waals surface area (Å²) in [6.45, 7) is 2.12. The number of hydrogen-bond acceptors (Lipinski definition) is 1. The molecule has 2 saturated carbocycles. The van der Waals surface area contributed by atoms with Gasteiger partial charge in [0.25, 0.3) is 0 Å². The number of carbonyl (C=O) groups excluding carboxylic acids is 1. The third-order valence-electron chi connectivity index (χ3n) is 5.54. The molecule has 108 valence electrons. The van der Waals surface area contributed by atoms with Crippen LogP contribution >= 0.6 is 0 Å². The molecule has 0 heterocycles. The van der Waals surface area contributed by atoms with Crippen molar-refractivity contribution in [2.75, 3.05) is 0 Å². The lowest BCUT2D eigenvalue weighted by molar-refractivity contribution is -0.112. The third-order valence-corrected chi connectivity index (χ3v) is 5.54. The summed E-state index contributed by atoms with van der Waals surface area (Å²) in [5.74, 6) is 3.28. The van der Waals surface area contributed by atoms with Crippen LogP contribution in [0.5, 0.6) is 0 Å². The van der Waals surface area contributed by atoms with E-state index in [1.165, 1.54) is 57.7 Å². The minimum atomic E-state index is 0.383.